The fourth-order valence-corrected chi connectivity index (χ4v) is 4.63. The summed E-state index contributed by atoms with van der Waals surface area (Å²) >= 11 is 1.86. The van der Waals surface area contributed by atoms with Crippen LogP contribution in [0.3, 0.4) is 0 Å². The van der Waals surface area contributed by atoms with Crippen LogP contribution in [0.1, 0.15) is 47.7 Å². The largest absolute Gasteiger partial charge is 0.312 e. The molecule has 2 heteroatoms. The van der Waals surface area contributed by atoms with Crippen LogP contribution in [0.2, 0.25) is 0 Å². The molecule has 1 aromatic heterocycles. The van der Waals surface area contributed by atoms with E-state index in [9.17, 15) is 0 Å². The van der Waals surface area contributed by atoms with E-state index in [4.69, 9.17) is 0 Å². The third-order valence-corrected chi connectivity index (χ3v) is 5.65. The van der Waals surface area contributed by atoms with Gasteiger partial charge in [-0.1, -0.05) is 43.2 Å². The van der Waals surface area contributed by atoms with Crippen LogP contribution in [0.5, 0.6) is 0 Å². The van der Waals surface area contributed by atoms with Crippen molar-refractivity contribution in [3.05, 3.63) is 57.8 Å². The maximum absolute atomic E-state index is 3.62. The van der Waals surface area contributed by atoms with Crippen molar-refractivity contribution < 1.29 is 0 Å². The van der Waals surface area contributed by atoms with Crippen molar-refractivity contribution >= 4 is 11.3 Å². The molecule has 0 saturated heterocycles. The fourth-order valence-electron chi connectivity index (χ4n) is 3.90. The predicted molar refractivity (Wildman–Crippen MR) is 87.4 cm³/mol. The minimum Gasteiger partial charge on any atom is -0.312 e. The summed E-state index contributed by atoms with van der Waals surface area (Å²) in [4.78, 5) is 1.40. The first-order valence-electron chi connectivity index (χ1n) is 7.54. The third-order valence-electron chi connectivity index (χ3n) is 4.77. The van der Waals surface area contributed by atoms with E-state index in [0.717, 1.165) is 0 Å². The normalized spacial score (nSPS) is 19.1. The van der Waals surface area contributed by atoms with Gasteiger partial charge in [-0.15, -0.1) is 11.3 Å². The van der Waals surface area contributed by atoms with Gasteiger partial charge in [0, 0.05) is 16.3 Å². The summed E-state index contributed by atoms with van der Waals surface area (Å²) < 4.78 is 0. The van der Waals surface area contributed by atoms with Gasteiger partial charge in [0.15, 0.2) is 0 Å². The Hall–Kier alpha value is -1.12. The number of thiophene rings is 1. The number of nitrogens with one attached hydrogen (secondary N) is 1. The molecule has 1 saturated carbocycles. The average Bonchev–Trinajstić information content (AvgIpc) is 3.12. The van der Waals surface area contributed by atoms with Gasteiger partial charge in [0.1, 0.15) is 0 Å². The van der Waals surface area contributed by atoms with Crippen molar-refractivity contribution in [1.82, 2.24) is 5.32 Å². The molecule has 1 aliphatic carbocycles. The lowest BCUT2D eigenvalue weighted by Gasteiger charge is -2.38. The monoisotopic (exact) mass is 285 g/mol. The smallest absolute Gasteiger partial charge is 0.0424 e. The molecule has 0 bridgehead atoms. The van der Waals surface area contributed by atoms with E-state index in [1.807, 2.05) is 11.3 Å². The van der Waals surface area contributed by atoms with Crippen LogP contribution in [0, 0.1) is 6.92 Å². The van der Waals surface area contributed by atoms with Crippen LogP contribution in [0.4, 0.5) is 0 Å². The lowest BCUT2D eigenvalue weighted by atomic mass is 9.71. The van der Waals surface area contributed by atoms with Crippen LogP contribution >= 0.6 is 11.3 Å². The molecule has 20 heavy (non-hydrogen) atoms. The molecule has 1 aliphatic rings. The van der Waals surface area contributed by atoms with Gasteiger partial charge in [0.05, 0.1) is 0 Å². The van der Waals surface area contributed by atoms with E-state index < -0.39 is 0 Å². The van der Waals surface area contributed by atoms with Crippen molar-refractivity contribution in [2.75, 3.05) is 7.05 Å². The Morgan fingerprint density at radius 3 is 2.40 bits per heavy atom. The van der Waals surface area contributed by atoms with Crippen LogP contribution in [-0.4, -0.2) is 7.05 Å². The van der Waals surface area contributed by atoms with Crippen molar-refractivity contribution in [2.24, 2.45) is 0 Å². The van der Waals surface area contributed by atoms with Crippen molar-refractivity contribution in [3.63, 3.8) is 0 Å². The van der Waals surface area contributed by atoms with Crippen molar-refractivity contribution in [3.8, 4) is 0 Å². The summed E-state index contributed by atoms with van der Waals surface area (Å²) in [6, 6.07) is 13.9. The van der Waals surface area contributed by atoms with Crippen LogP contribution in [0.25, 0.3) is 0 Å². The Kier molecular flexibility index (Phi) is 3.95. The number of benzene rings is 1. The summed E-state index contributed by atoms with van der Waals surface area (Å²) in [6.45, 7) is 2.20. The molecule has 1 fully saturated rings. The van der Waals surface area contributed by atoms with Crippen LogP contribution < -0.4 is 5.32 Å². The van der Waals surface area contributed by atoms with Gasteiger partial charge < -0.3 is 5.32 Å². The lowest BCUT2D eigenvalue weighted by molar-refractivity contribution is 0.316. The number of likely N-dealkylation sites (N-methyl/N-ethyl adjacent to an activating group) is 1. The summed E-state index contributed by atoms with van der Waals surface area (Å²) in [6.07, 6.45) is 5.27. The Morgan fingerprint density at radius 2 is 1.85 bits per heavy atom. The zero-order chi connectivity index (χ0) is 14.0. The standard InChI is InChI=1S/C18H23NS/c1-14-12-15(13-20-14)17(19-2)18(10-6-7-11-18)16-8-4-3-5-9-16/h3-5,8-9,12-13,17,19H,6-7,10-11H2,1-2H3. The summed E-state index contributed by atoms with van der Waals surface area (Å²) in [5.74, 6) is 0. The molecule has 1 nitrogen and oxygen atoms in total. The molecule has 1 N–H and O–H groups in total. The highest BCUT2D eigenvalue weighted by Gasteiger charge is 2.42. The summed E-state index contributed by atoms with van der Waals surface area (Å²) in [5.41, 5.74) is 3.23. The van der Waals surface area contributed by atoms with Gasteiger partial charge in [0.2, 0.25) is 0 Å². The molecule has 1 aromatic carbocycles. The van der Waals surface area contributed by atoms with E-state index in [1.54, 1.807) is 0 Å². The molecule has 3 rings (SSSR count). The number of hydrogen-bond donors (Lipinski definition) is 1. The molecule has 106 valence electrons. The van der Waals surface area contributed by atoms with Gasteiger partial charge >= 0.3 is 0 Å². The molecular weight excluding hydrogens is 262 g/mol. The zero-order valence-electron chi connectivity index (χ0n) is 12.4. The first-order chi connectivity index (χ1) is 9.76. The van der Waals surface area contributed by atoms with E-state index in [2.05, 4.69) is 61.1 Å². The fraction of sp³-hybridized carbons (Fsp3) is 0.444. The minimum atomic E-state index is 0.267. The second kappa shape index (κ2) is 5.71. The molecule has 1 atom stereocenters. The molecule has 2 aromatic rings. The summed E-state index contributed by atoms with van der Waals surface area (Å²) in [5, 5.41) is 5.95. The molecule has 1 heterocycles. The molecular formula is C18H23NS. The van der Waals surface area contributed by atoms with Gasteiger partial charge in [-0.05, 0) is 49.4 Å². The highest BCUT2D eigenvalue weighted by atomic mass is 32.1. The Morgan fingerprint density at radius 1 is 1.15 bits per heavy atom. The predicted octanol–water partition coefficient (Wildman–Crippen LogP) is 4.83. The highest BCUT2D eigenvalue weighted by molar-refractivity contribution is 7.10. The topological polar surface area (TPSA) is 12.0 Å². The quantitative estimate of drug-likeness (QED) is 0.848. The molecule has 1 unspecified atom stereocenters. The molecule has 0 aliphatic heterocycles. The van der Waals surface area contributed by atoms with Crippen molar-refractivity contribution in [2.45, 2.75) is 44.1 Å². The van der Waals surface area contributed by atoms with Crippen LogP contribution in [-0.2, 0) is 5.41 Å². The first kappa shape index (κ1) is 13.8. The van der Waals surface area contributed by atoms with E-state index >= 15 is 0 Å². The van der Waals surface area contributed by atoms with Gasteiger partial charge in [0.25, 0.3) is 0 Å². The molecule has 0 amide bonds. The second-order valence-electron chi connectivity index (χ2n) is 5.94. The second-order valence-corrected chi connectivity index (χ2v) is 7.06. The number of rotatable bonds is 4. The zero-order valence-corrected chi connectivity index (χ0v) is 13.2. The number of hydrogen-bond acceptors (Lipinski definition) is 2. The van der Waals surface area contributed by atoms with E-state index in [1.165, 1.54) is 41.7 Å². The van der Waals surface area contributed by atoms with E-state index in [-0.39, 0.29) is 5.41 Å². The minimum absolute atomic E-state index is 0.267. The van der Waals surface area contributed by atoms with Crippen LogP contribution in [0.15, 0.2) is 41.8 Å². The maximum atomic E-state index is 3.62. The number of aryl methyl sites for hydroxylation is 1. The Labute approximate surface area is 126 Å². The Balaban J connectivity index is 2.05. The molecule has 0 spiro atoms. The first-order valence-corrected chi connectivity index (χ1v) is 8.42. The van der Waals surface area contributed by atoms with Gasteiger partial charge in [-0.3, -0.25) is 0 Å². The van der Waals surface area contributed by atoms with Crippen molar-refractivity contribution in [1.29, 1.82) is 0 Å². The third kappa shape index (κ3) is 2.32. The van der Waals surface area contributed by atoms with Gasteiger partial charge in [-0.2, -0.15) is 0 Å². The average molecular weight is 285 g/mol. The Bertz CT molecular complexity index is 552. The molecule has 0 radical (unpaired) electrons. The lowest BCUT2D eigenvalue weighted by Crippen LogP contribution is -2.38. The SMILES string of the molecule is CNC(c1csc(C)c1)C1(c2ccccc2)CCCC1. The maximum Gasteiger partial charge on any atom is 0.0424 e. The van der Waals surface area contributed by atoms with Gasteiger partial charge in [-0.25, -0.2) is 0 Å². The highest BCUT2D eigenvalue weighted by Crippen LogP contribution is 2.49. The summed E-state index contributed by atoms with van der Waals surface area (Å²) in [7, 11) is 2.11. The van der Waals surface area contributed by atoms with E-state index in [0.29, 0.717) is 6.04 Å².